The Labute approximate surface area is 121 Å². The number of benzene rings is 1. The Morgan fingerprint density at radius 2 is 2.26 bits per heavy atom. The van der Waals surface area contributed by atoms with Gasteiger partial charge in [0.15, 0.2) is 0 Å². The lowest BCUT2D eigenvalue weighted by Gasteiger charge is -2.32. The first kappa shape index (κ1) is 14.9. The van der Waals surface area contributed by atoms with E-state index in [1.165, 1.54) is 37.1 Å². The van der Waals surface area contributed by atoms with E-state index < -0.39 is 0 Å². The van der Waals surface area contributed by atoms with Crippen LogP contribution in [-0.4, -0.2) is 35.4 Å². The highest BCUT2D eigenvalue weighted by molar-refractivity contribution is 7.99. The lowest BCUT2D eigenvalue weighted by atomic mass is 10.0. The van der Waals surface area contributed by atoms with Crippen LogP contribution in [0.15, 0.2) is 29.2 Å². The van der Waals surface area contributed by atoms with Gasteiger partial charge >= 0.3 is 0 Å². The number of hydrogen-bond acceptors (Lipinski definition) is 3. The molecule has 1 N–H and O–H groups in total. The molecule has 1 aliphatic heterocycles. The first-order valence-electron chi connectivity index (χ1n) is 7.28. The highest BCUT2D eigenvalue weighted by atomic mass is 32.2. The zero-order chi connectivity index (χ0) is 13.7. The van der Waals surface area contributed by atoms with Gasteiger partial charge in [0.25, 0.3) is 0 Å². The van der Waals surface area contributed by atoms with Crippen LogP contribution in [0.1, 0.15) is 44.3 Å². The number of hydrogen-bond donors (Lipinski definition) is 1. The molecule has 1 aromatic carbocycles. The van der Waals surface area contributed by atoms with E-state index >= 15 is 0 Å². The molecule has 2 rings (SSSR count). The third-order valence-electron chi connectivity index (χ3n) is 3.98. The molecule has 1 aromatic rings. The van der Waals surface area contributed by atoms with E-state index in [4.69, 9.17) is 0 Å². The maximum absolute atomic E-state index is 9.60. The van der Waals surface area contributed by atoms with Crippen molar-refractivity contribution < 1.29 is 5.11 Å². The number of nitrogens with zero attached hydrogens (tertiary/aromatic N) is 1. The van der Waals surface area contributed by atoms with Crippen molar-refractivity contribution in [2.24, 2.45) is 0 Å². The lowest BCUT2D eigenvalue weighted by Crippen LogP contribution is -2.36. The van der Waals surface area contributed by atoms with Crippen LogP contribution < -0.4 is 0 Å². The molecule has 19 heavy (non-hydrogen) atoms. The molecule has 0 radical (unpaired) electrons. The number of piperidine rings is 1. The fraction of sp³-hybridized carbons (Fsp3) is 0.625. The maximum atomic E-state index is 9.60. The smallest absolute Gasteiger partial charge is 0.0762 e. The summed E-state index contributed by atoms with van der Waals surface area (Å²) in [5.41, 5.74) is 1.01. The van der Waals surface area contributed by atoms with Crippen LogP contribution in [0.4, 0.5) is 0 Å². The molecule has 1 heterocycles. The van der Waals surface area contributed by atoms with E-state index in [1.54, 1.807) is 0 Å². The molecule has 3 heteroatoms. The van der Waals surface area contributed by atoms with Gasteiger partial charge < -0.3 is 10.0 Å². The van der Waals surface area contributed by atoms with Gasteiger partial charge in [-0.25, -0.2) is 0 Å². The van der Waals surface area contributed by atoms with E-state index in [0.717, 1.165) is 17.4 Å². The highest BCUT2D eigenvalue weighted by Crippen LogP contribution is 2.25. The Kier molecular flexibility index (Phi) is 5.74. The van der Waals surface area contributed by atoms with Crippen molar-refractivity contribution in [3.8, 4) is 0 Å². The fourth-order valence-corrected chi connectivity index (χ4v) is 3.71. The second-order valence-electron chi connectivity index (χ2n) is 5.52. The summed E-state index contributed by atoms with van der Waals surface area (Å²) in [7, 11) is 2.25. The summed E-state index contributed by atoms with van der Waals surface area (Å²) in [5, 5.41) is 9.60. The summed E-state index contributed by atoms with van der Waals surface area (Å²) in [5.74, 6) is 1.16. The summed E-state index contributed by atoms with van der Waals surface area (Å²) in [4.78, 5) is 3.79. The van der Waals surface area contributed by atoms with Crippen LogP contribution in [-0.2, 0) is 0 Å². The molecule has 1 fully saturated rings. The SMILES string of the molecule is CC(O)c1cccc(SCCC2CCCCN2C)c1. The molecule has 2 nitrogen and oxygen atoms in total. The van der Waals surface area contributed by atoms with Crippen molar-refractivity contribution in [3.63, 3.8) is 0 Å². The Hall–Kier alpha value is -0.510. The predicted molar refractivity (Wildman–Crippen MR) is 82.7 cm³/mol. The van der Waals surface area contributed by atoms with Gasteiger partial charge in [0, 0.05) is 10.9 Å². The van der Waals surface area contributed by atoms with Gasteiger partial charge in [-0.2, -0.15) is 0 Å². The van der Waals surface area contributed by atoms with Crippen molar-refractivity contribution in [2.45, 2.75) is 49.6 Å². The largest absolute Gasteiger partial charge is 0.389 e. The predicted octanol–water partition coefficient (Wildman–Crippen LogP) is 3.71. The lowest BCUT2D eigenvalue weighted by molar-refractivity contribution is 0.182. The Morgan fingerprint density at radius 3 is 3.00 bits per heavy atom. The molecule has 0 aliphatic carbocycles. The van der Waals surface area contributed by atoms with Crippen LogP contribution >= 0.6 is 11.8 Å². The molecule has 1 aliphatic rings. The van der Waals surface area contributed by atoms with Crippen LogP contribution in [0.25, 0.3) is 0 Å². The minimum absolute atomic E-state index is 0.370. The molecule has 0 amide bonds. The van der Waals surface area contributed by atoms with Gasteiger partial charge in [-0.05, 0) is 63.2 Å². The first-order valence-corrected chi connectivity index (χ1v) is 8.26. The molecule has 0 saturated carbocycles. The molecule has 1 saturated heterocycles. The first-order chi connectivity index (χ1) is 9.16. The van der Waals surface area contributed by atoms with E-state index in [2.05, 4.69) is 24.1 Å². The maximum Gasteiger partial charge on any atom is 0.0762 e. The normalized spacial score (nSPS) is 22.4. The zero-order valence-electron chi connectivity index (χ0n) is 12.0. The fourth-order valence-electron chi connectivity index (χ4n) is 2.69. The van der Waals surface area contributed by atoms with Gasteiger partial charge in [-0.3, -0.25) is 0 Å². The minimum Gasteiger partial charge on any atom is -0.389 e. The number of aliphatic hydroxyl groups excluding tert-OH is 1. The van der Waals surface area contributed by atoms with Crippen LogP contribution in [0, 0.1) is 0 Å². The summed E-state index contributed by atoms with van der Waals surface area (Å²) in [6, 6.07) is 9.04. The van der Waals surface area contributed by atoms with E-state index in [9.17, 15) is 5.11 Å². The summed E-state index contributed by atoms with van der Waals surface area (Å²) in [6.45, 7) is 3.08. The number of likely N-dealkylation sites (tertiary alicyclic amines) is 1. The van der Waals surface area contributed by atoms with Crippen molar-refractivity contribution in [3.05, 3.63) is 29.8 Å². The number of rotatable bonds is 5. The second-order valence-corrected chi connectivity index (χ2v) is 6.68. The summed E-state index contributed by atoms with van der Waals surface area (Å²) >= 11 is 1.91. The molecular weight excluding hydrogens is 254 g/mol. The zero-order valence-corrected chi connectivity index (χ0v) is 12.8. The average Bonchev–Trinajstić information content (AvgIpc) is 2.41. The summed E-state index contributed by atoms with van der Waals surface area (Å²) < 4.78 is 0. The molecule has 0 bridgehead atoms. The average molecular weight is 279 g/mol. The van der Waals surface area contributed by atoms with Gasteiger partial charge in [0.2, 0.25) is 0 Å². The van der Waals surface area contributed by atoms with E-state index in [1.807, 2.05) is 30.8 Å². The third kappa shape index (κ3) is 4.51. The van der Waals surface area contributed by atoms with E-state index in [-0.39, 0.29) is 6.10 Å². The summed E-state index contributed by atoms with van der Waals surface area (Å²) in [6.07, 6.45) is 4.99. The Morgan fingerprint density at radius 1 is 1.42 bits per heavy atom. The molecule has 0 aromatic heterocycles. The van der Waals surface area contributed by atoms with E-state index in [0.29, 0.717) is 0 Å². The van der Waals surface area contributed by atoms with Crippen LogP contribution in [0.3, 0.4) is 0 Å². The minimum atomic E-state index is -0.370. The Bertz CT molecular complexity index is 394. The monoisotopic (exact) mass is 279 g/mol. The topological polar surface area (TPSA) is 23.5 Å². The highest BCUT2D eigenvalue weighted by Gasteiger charge is 2.18. The van der Waals surface area contributed by atoms with Crippen LogP contribution in [0.5, 0.6) is 0 Å². The molecular formula is C16H25NOS. The van der Waals surface area contributed by atoms with Gasteiger partial charge in [-0.15, -0.1) is 11.8 Å². The molecule has 106 valence electrons. The molecule has 0 spiro atoms. The third-order valence-corrected chi connectivity index (χ3v) is 5.01. The van der Waals surface area contributed by atoms with Crippen molar-refractivity contribution >= 4 is 11.8 Å². The second kappa shape index (κ2) is 7.32. The number of aliphatic hydroxyl groups is 1. The van der Waals surface area contributed by atoms with Gasteiger partial charge in [-0.1, -0.05) is 18.6 Å². The quantitative estimate of drug-likeness (QED) is 0.831. The molecule has 2 unspecified atom stereocenters. The van der Waals surface area contributed by atoms with Crippen LogP contribution in [0.2, 0.25) is 0 Å². The Balaban J connectivity index is 1.80. The molecule has 2 atom stereocenters. The van der Waals surface area contributed by atoms with Crippen molar-refractivity contribution in [1.29, 1.82) is 0 Å². The van der Waals surface area contributed by atoms with Gasteiger partial charge in [0.1, 0.15) is 0 Å². The van der Waals surface area contributed by atoms with Crippen molar-refractivity contribution in [2.75, 3.05) is 19.3 Å². The standard InChI is InChI=1S/C16H25NOS/c1-13(18)14-6-5-8-16(12-14)19-11-9-15-7-3-4-10-17(15)2/h5-6,8,12-13,15,18H,3-4,7,9-11H2,1-2H3. The van der Waals surface area contributed by atoms with Gasteiger partial charge in [0.05, 0.1) is 6.10 Å². The number of thioether (sulfide) groups is 1. The van der Waals surface area contributed by atoms with Crippen molar-refractivity contribution in [1.82, 2.24) is 4.90 Å².